The molecule has 0 amide bonds. The van der Waals surface area contributed by atoms with Crippen molar-refractivity contribution in [3.05, 3.63) is 126 Å². The van der Waals surface area contributed by atoms with Gasteiger partial charge in [-0.15, -0.1) is 5.56 Å². The number of hydrogen-bond donors (Lipinski definition) is 0. The summed E-state index contributed by atoms with van der Waals surface area (Å²) in [5, 5.41) is 0. The van der Waals surface area contributed by atoms with Gasteiger partial charge >= 0.3 is 28.4 Å². The molecule has 0 radical (unpaired) electrons. The Hall–Kier alpha value is -2.11. The van der Waals surface area contributed by atoms with Crippen LogP contribution in [0.5, 0.6) is 0 Å². The maximum Gasteiger partial charge on any atom is -0.0253 e. The number of benzene rings is 3. The second-order valence-corrected chi connectivity index (χ2v) is 9.80. The van der Waals surface area contributed by atoms with Crippen molar-refractivity contribution in [2.75, 3.05) is 0 Å². The summed E-state index contributed by atoms with van der Waals surface area (Å²) in [5.41, 5.74) is 10.1. The summed E-state index contributed by atoms with van der Waals surface area (Å²) in [6.07, 6.45) is 9.33. The summed E-state index contributed by atoms with van der Waals surface area (Å²) in [4.78, 5) is 0. The minimum absolute atomic E-state index is 0. The predicted molar refractivity (Wildman–Crippen MR) is 155 cm³/mol. The van der Waals surface area contributed by atoms with Crippen molar-refractivity contribution in [1.82, 2.24) is 0 Å². The van der Waals surface area contributed by atoms with E-state index in [-0.39, 0.29) is 7.43 Å². The predicted octanol–water partition coefficient (Wildman–Crippen LogP) is 9.41. The Bertz CT molecular complexity index is 1070. The topological polar surface area (TPSA) is 0 Å². The van der Waals surface area contributed by atoms with Gasteiger partial charge in [-0.05, 0) is 6.42 Å². The molecule has 1 atom stereocenters. The Kier molecular flexibility index (Phi) is 14.1. The number of fused-ring (bicyclic) bond motifs is 3. The molecular formula is C35H42Zr-4. The summed E-state index contributed by atoms with van der Waals surface area (Å²) in [5.74, 6) is 0.573. The van der Waals surface area contributed by atoms with Crippen molar-refractivity contribution >= 4 is 4.21 Å². The van der Waals surface area contributed by atoms with Crippen molar-refractivity contribution in [1.29, 1.82) is 0 Å². The largest absolute Gasteiger partial charge is 0.358 e. The third-order valence-electron chi connectivity index (χ3n) is 6.16. The molecule has 3 aromatic rings. The molecule has 0 spiro atoms. The van der Waals surface area contributed by atoms with Crippen LogP contribution < -0.4 is 0 Å². The molecule has 190 valence electrons. The zero-order valence-electron chi connectivity index (χ0n) is 23.3. The van der Waals surface area contributed by atoms with Crippen LogP contribution in [0.15, 0.2) is 84.0 Å². The van der Waals surface area contributed by atoms with Crippen LogP contribution in [0.1, 0.15) is 64.2 Å². The first-order valence-corrected chi connectivity index (χ1v) is 14.3. The van der Waals surface area contributed by atoms with Crippen LogP contribution in [0.25, 0.3) is 11.1 Å². The minimum Gasteiger partial charge on any atom is -0.358 e. The second-order valence-electron chi connectivity index (χ2n) is 9.80. The van der Waals surface area contributed by atoms with E-state index < -0.39 is 0 Å². The molecule has 0 saturated heterocycles. The van der Waals surface area contributed by atoms with Crippen molar-refractivity contribution in [2.24, 2.45) is 11.3 Å². The Balaban J connectivity index is 0.000000268. The number of allylic oxidation sites excluding steroid dienone is 4. The zero-order chi connectivity index (χ0) is 25.8. The van der Waals surface area contributed by atoms with E-state index in [9.17, 15) is 0 Å². The average molecular weight is 554 g/mol. The first-order valence-electron chi connectivity index (χ1n) is 12.5. The van der Waals surface area contributed by atoms with Gasteiger partial charge in [-0.1, -0.05) is 101 Å². The molecule has 0 aromatic heterocycles. The Labute approximate surface area is 236 Å². The quantitative estimate of drug-likeness (QED) is 0.217. The maximum absolute atomic E-state index is 3.57. The average Bonchev–Trinajstić information content (AvgIpc) is 3.48. The zero-order valence-corrected chi connectivity index (χ0v) is 25.8. The van der Waals surface area contributed by atoms with E-state index in [0.29, 0.717) is 11.3 Å². The number of hydrogen-bond acceptors (Lipinski definition) is 0. The van der Waals surface area contributed by atoms with E-state index in [1.54, 1.807) is 0 Å². The van der Waals surface area contributed by atoms with Crippen LogP contribution in [-0.2, 0) is 30.7 Å². The smallest absolute Gasteiger partial charge is 0.0253 e. The maximum atomic E-state index is 3.57. The third kappa shape index (κ3) is 9.08. The van der Waals surface area contributed by atoms with Gasteiger partial charge in [0.05, 0.1) is 0 Å². The van der Waals surface area contributed by atoms with Gasteiger partial charge in [-0.2, -0.15) is 77.4 Å². The van der Waals surface area contributed by atoms with Gasteiger partial charge in [-0.3, -0.25) is 6.08 Å². The molecule has 3 aromatic carbocycles. The fraction of sp³-hybridized carbons (Fsp3) is 0.314. The Morgan fingerprint density at radius 3 is 2.08 bits per heavy atom. The summed E-state index contributed by atoms with van der Waals surface area (Å²) < 4.78 is 3.34. The second kappa shape index (κ2) is 15.9. The van der Waals surface area contributed by atoms with Crippen molar-refractivity contribution in [3.63, 3.8) is 0 Å². The molecule has 36 heavy (non-hydrogen) atoms. The van der Waals surface area contributed by atoms with Crippen molar-refractivity contribution < 1.29 is 24.2 Å². The van der Waals surface area contributed by atoms with Gasteiger partial charge in [0.2, 0.25) is 0 Å². The molecule has 0 N–H and O–H groups in total. The molecule has 0 fully saturated rings. The van der Waals surface area contributed by atoms with E-state index in [2.05, 4.69) is 106 Å². The van der Waals surface area contributed by atoms with Crippen molar-refractivity contribution in [3.8, 4) is 11.1 Å². The molecule has 2 aliphatic rings. The number of aryl methyl sites for hydroxylation is 1. The summed E-state index contributed by atoms with van der Waals surface area (Å²) in [6, 6.07) is 28.9. The fourth-order valence-electron chi connectivity index (χ4n) is 4.33. The fourth-order valence-corrected chi connectivity index (χ4v) is 4.33. The van der Waals surface area contributed by atoms with Gasteiger partial charge in [0.15, 0.2) is 0 Å². The van der Waals surface area contributed by atoms with E-state index in [4.69, 9.17) is 0 Å². The van der Waals surface area contributed by atoms with E-state index in [0.717, 1.165) is 12.8 Å². The summed E-state index contributed by atoms with van der Waals surface area (Å²) >= 11 is 1.30. The Morgan fingerprint density at radius 2 is 1.56 bits per heavy atom. The SMILES string of the molecule is CCC1=[C-]C(CC)C=C1C(C)(C)C.Cc1cc[c-]cc1.[CH2]=[Zr].[CH3-].[c-]1cccc2c1Cc1ccccc1-2. The molecule has 0 nitrogen and oxygen atoms in total. The van der Waals surface area contributed by atoms with Crippen LogP contribution in [0, 0.1) is 43.9 Å². The molecule has 5 rings (SSSR count). The van der Waals surface area contributed by atoms with Gasteiger partial charge in [0.25, 0.3) is 0 Å². The van der Waals surface area contributed by atoms with Gasteiger partial charge in [0.1, 0.15) is 0 Å². The molecule has 0 heterocycles. The standard InChI is InChI=1S/C13H9.C13H21.C7H7.CH3.CH2.Zr/c1-3-7-12-10(5-1)9-11-6-2-4-8-13(11)12;1-6-10-8-11(7-2)12(9-10)13(3,4)5;1-7-5-3-2-4-6-7;;;/h1-5,7-8H,9H2;9-10H,6-7H2,1-5H3;3-6H,1H3;1H3;1H2;/q4*-1;;. The van der Waals surface area contributed by atoms with E-state index in [1.165, 1.54) is 69.6 Å². The summed E-state index contributed by atoms with van der Waals surface area (Å²) in [7, 11) is 0. The monoisotopic (exact) mass is 552 g/mol. The van der Waals surface area contributed by atoms with Crippen LogP contribution in [0.4, 0.5) is 0 Å². The van der Waals surface area contributed by atoms with Crippen LogP contribution in [0.3, 0.4) is 0 Å². The molecular weight excluding hydrogens is 512 g/mol. The van der Waals surface area contributed by atoms with Crippen LogP contribution in [-0.4, -0.2) is 4.21 Å². The third-order valence-corrected chi connectivity index (χ3v) is 6.16. The molecule has 0 aliphatic heterocycles. The van der Waals surface area contributed by atoms with Gasteiger partial charge < -0.3 is 7.43 Å². The van der Waals surface area contributed by atoms with Gasteiger partial charge in [0, 0.05) is 0 Å². The van der Waals surface area contributed by atoms with E-state index in [1.807, 2.05) is 30.3 Å². The molecule has 2 aliphatic carbocycles. The normalized spacial score (nSPS) is 14.5. The molecule has 0 saturated carbocycles. The molecule has 1 unspecified atom stereocenters. The Morgan fingerprint density at radius 1 is 0.917 bits per heavy atom. The molecule has 0 bridgehead atoms. The summed E-state index contributed by atoms with van der Waals surface area (Å²) in [6.45, 7) is 13.4. The van der Waals surface area contributed by atoms with Crippen molar-refractivity contribution in [2.45, 2.75) is 60.8 Å². The number of rotatable bonds is 2. The first-order chi connectivity index (χ1) is 16.8. The van der Waals surface area contributed by atoms with Crippen LogP contribution in [0.2, 0.25) is 0 Å². The molecule has 1 heteroatoms. The first kappa shape index (κ1) is 31.9. The minimum atomic E-state index is 0. The van der Waals surface area contributed by atoms with Gasteiger partial charge in [-0.25, -0.2) is 5.57 Å². The van der Waals surface area contributed by atoms with Crippen LogP contribution >= 0.6 is 0 Å². The van der Waals surface area contributed by atoms with E-state index >= 15 is 0 Å².